The Labute approximate surface area is 276 Å². The third kappa shape index (κ3) is 10.9. The Morgan fingerprint density at radius 2 is 1.51 bits per heavy atom. The fraction of sp³-hybridized carbons (Fsp3) is 0.400. The molecular formula is C35H45N5O7. The lowest BCUT2D eigenvalue weighted by atomic mass is 10.1. The lowest BCUT2D eigenvalue weighted by molar-refractivity contribution is 0.0365. The molecular weight excluding hydrogens is 602 g/mol. The van der Waals surface area contributed by atoms with Crippen molar-refractivity contribution < 1.29 is 33.3 Å². The van der Waals surface area contributed by atoms with Crippen LogP contribution in [0, 0.1) is 0 Å². The van der Waals surface area contributed by atoms with Crippen LogP contribution in [0.4, 0.5) is 26.7 Å². The summed E-state index contributed by atoms with van der Waals surface area (Å²) in [6, 6.07) is 19.0. The molecule has 12 nitrogen and oxygen atoms in total. The highest BCUT2D eigenvalue weighted by atomic mass is 16.6. The van der Waals surface area contributed by atoms with Crippen LogP contribution in [0.3, 0.4) is 0 Å². The number of nitrogens with zero attached hydrogens (tertiary/aromatic N) is 2. The van der Waals surface area contributed by atoms with Crippen LogP contribution >= 0.6 is 0 Å². The van der Waals surface area contributed by atoms with E-state index in [-0.39, 0.29) is 11.9 Å². The molecule has 0 atom stereocenters. The third-order valence-corrected chi connectivity index (χ3v) is 7.33. The molecule has 4 rings (SSSR count). The number of urea groups is 1. The number of carbonyl (C=O) groups is 3. The first-order chi connectivity index (χ1) is 22.5. The van der Waals surface area contributed by atoms with Crippen molar-refractivity contribution in [1.29, 1.82) is 0 Å². The number of methoxy groups -OCH3 is 2. The van der Waals surface area contributed by atoms with E-state index in [4.69, 9.17) is 18.9 Å². The second-order valence-electron chi connectivity index (χ2n) is 12.1. The van der Waals surface area contributed by atoms with Crippen molar-refractivity contribution in [3.63, 3.8) is 0 Å². The van der Waals surface area contributed by atoms with Gasteiger partial charge in [-0.05, 0) is 69.2 Å². The van der Waals surface area contributed by atoms with E-state index in [1.807, 2.05) is 12.1 Å². The number of nitrogens with one attached hydrogen (secondary N) is 3. The predicted molar refractivity (Wildman–Crippen MR) is 182 cm³/mol. The van der Waals surface area contributed by atoms with Crippen molar-refractivity contribution in [2.24, 2.45) is 0 Å². The van der Waals surface area contributed by atoms with Gasteiger partial charge < -0.3 is 34.5 Å². The van der Waals surface area contributed by atoms with Crippen LogP contribution in [0.25, 0.3) is 0 Å². The molecule has 0 aromatic heterocycles. The monoisotopic (exact) mass is 647 g/mol. The average molecular weight is 648 g/mol. The number of anilines is 3. The highest BCUT2D eigenvalue weighted by Crippen LogP contribution is 2.30. The zero-order valence-electron chi connectivity index (χ0n) is 27.8. The molecule has 0 spiro atoms. The topological polar surface area (TPSA) is 131 Å². The smallest absolute Gasteiger partial charge is 0.412 e. The average Bonchev–Trinajstić information content (AvgIpc) is 3.05. The van der Waals surface area contributed by atoms with Gasteiger partial charge in [0.25, 0.3) is 5.91 Å². The van der Waals surface area contributed by atoms with Gasteiger partial charge in [-0.25, -0.2) is 9.59 Å². The van der Waals surface area contributed by atoms with E-state index in [2.05, 4.69) is 20.9 Å². The van der Waals surface area contributed by atoms with E-state index in [0.29, 0.717) is 47.2 Å². The standard InChI is InChI=1S/C35H45N5O7/c1-35(2,3)47-34(43)38-29-10-7-6-9-28(29)37-32(41)26-13-11-25(12-14-26)24-40(18-8-17-39-19-21-46-22-20-39)33(42)36-27-15-16-30(44-4)31(23-27)45-5/h6-7,9-16,23H,8,17-22,24H2,1-5H3,(H,36,42)(H,37,41)(H,38,43). The molecule has 4 amide bonds. The Kier molecular flexibility index (Phi) is 12.4. The Morgan fingerprint density at radius 3 is 2.15 bits per heavy atom. The summed E-state index contributed by atoms with van der Waals surface area (Å²) in [5, 5.41) is 8.53. The highest BCUT2D eigenvalue weighted by Gasteiger charge is 2.19. The van der Waals surface area contributed by atoms with Gasteiger partial charge in [0.2, 0.25) is 0 Å². The van der Waals surface area contributed by atoms with Gasteiger partial charge in [-0.1, -0.05) is 24.3 Å². The van der Waals surface area contributed by atoms with Gasteiger partial charge >= 0.3 is 12.1 Å². The molecule has 1 aliphatic heterocycles. The van der Waals surface area contributed by atoms with E-state index in [9.17, 15) is 14.4 Å². The maximum absolute atomic E-state index is 13.5. The fourth-order valence-corrected chi connectivity index (χ4v) is 4.97. The molecule has 3 aromatic rings. The fourth-order valence-electron chi connectivity index (χ4n) is 4.97. The zero-order valence-corrected chi connectivity index (χ0v) is 27.8. The first kappa shape index (κ1) is 35.1. The van der Waals surface area contributed by atoms with E-state index in [0.717, 1.165) is 44.8 Å². The number of amides is 4. The van der Waals surface area contributed by atoms with Crippen molar-refractivity contribution >= 4 is 35.1 Å². The summed E-state index contributed by atoms with van der Waals surface area (Å²) >= 11 is 0. The predicted octanol–water partition coefficient (Wildman–Crippen LogP) is 6.06. The van der Waals surface area contributed by atoms with Gasteiger partial charge in [0.05, 0.1) is 38.8 Å². The first-order valence-electron chi connectivity index (χ1n) is 15.6. The number of carbonyl (C=O) groups excluding carboxylic acids is 3. The van der Waals surface area contributed by atoms with Gasteiger partial charge in [-0.3, -0.25) is 15.0 Å². The maximum Gasteiger partial charge on any atom is 0.412 e. The molecule has 0 bridgehead atoms. The molecule has 12 heteroatoms. The molecule has 1 saturated heterocycles. The Hall–Kier alpha value is -4.81. The minimum atomic E-state index is -0.660. The minimum Gasteiger partial charge on any atom is -0.493 e. The van der Waals surface area contributed by atoms with E-state index in [1.54, 1.807) is 94.5 Å². The molecule has 0 aliphatic carbocycles. The van der Waals surface area contributed by atoms with Gasteiger partial charge in [-0.15, -0.1) is 0 Å². The van der Waals surface area contributed by atoms with Crippen molar-refractivity contribution in [1.82, 2.24) is 9.80 Å². The SMILES string of the molecule is COc1ccc(NC(=O)N(CCCN2CCOCC2)Cc2ccc(C(=O)Nc3ccccc3NC(=O)OC(C)(C)C)cc2)cc1OC. The van der Waals surface area contributed by atoms with Crippen LogP contribution in [0.1, 0.15) is 43.1 Å². The molecule has 3 N–H and O–H groups in total. The largest absolute Gasteiger partial charge is 0.493 e. The molecule has 0 unspecified atom stereocenters. The first-order valence-corrected chi connectivity index (χ1v) is 15.6. The van der Waals surface area contributed by atoms with Gasteiger partial charge in [0, 0.05) is 50.0 Å². The minimum absolute atomic E-state index is 0.255. The summed E-state index contributed by atoms with van der Waals surface area (Å²) in [5.41, 5.74) is 2.06. The summed E-state index contributed by atoms with van der Waals surface area (Å²) in [7, 11) is 3.11. The lowest BCUT2D eigenvalue weighted by Crippen LogP contribution is -2.40. The Bertz CT molecular complexity index is 1500. The van der Waals surface area contributed by atoms with Crippen molar-refractivity contribution in [3.8, 4) is 11.5 Å². The normalized spacial score (nSPS) is 13.3. The van der Waals surface area contributed by atoms with Crippen LogP contribution in [0.5, 0.6) is 11.5 Å². The summed E-state index contributed by atoms with van der Waals surface area (Å²) < 4.78 is 21.5. The number of benzene rings is 3. The van der Waals surface area contributed by atoms with E-state index >= 15 is 0 Å². The summed E-state index contributed by atoms with van der Waals surface area (Å²) in [6.07, 6.45) is 0.171. The van der Waals surface area contributed by atoms with Crippen LogP contribution < -0.4 is 25.4 Å². The number of para-hydroxylation sites is 2. The second-order valence-corrected chi connectivity index (χ2v) is 12.1. The molecule has 1 heterocycles. The summed E-state index contributed by atoms with van der Waals surface area (Å²) in [6.45, 7) is 10.2. The molecule has 0 saturated carbocycles. The Morgan fingerprint density at radius 1 is 0.851 bits per heavy atom. The van der Waals surface area contributed by atoms with E-state index < -0.39 is 11.7 Å². The number of rotatable bonds is 12. The van der Waals surface area contributed by atoms with Crippen LogP contribution in [-0.2, 0) is 16.0 Å². The molecule has 0 radical (unpaired) electrons. The van der Waals surface area contributed by atoms with Crippen LogP contribution in [0.15, 0.2) is 66.7 Å². The number of hydrogen-bond donors (Lipinski definition) is 3. The molecule has 1 aliphatic rings. The van der Waals surface area contributed by atoms with Crippen molar-refractivity contribution in [2.45, 2.75) is 39.3 Å². The Balaban J connectivity index is 1.42. The summed E-state index contributed by atoms with van der Waals surface area (Å²) in [5.74, 6) is 0.740. The third-order valence-electron chi connectivity index (χ3n) is 7.33. The molecule has 3 aromatic carbocycles. The summed E-state index contributed by atoms with van der Waals surface area (Å²) in [4.78, 5) is 43.1. The highest BCUT2D eigenvalue weighted by molar-refractivity contribution is 6.06. The maximum atomic E-state index is 13.5. The van der Waals surface area contributed by atoms with Gasteiger partial charge in [0.15, 0.2) is 11.5 Å². The van der Waals surface area contributed by atoms with Gasteiger partial charge in [-0.2, -0.15) is 0 Å². The quantitative estimate of drug-likeness (QED) is 0.216. The van der Waals surface area contributed by atoms with Gasteiger partial charge in [0.1, 0.15) is 5.60 Å². The zero-order chi connectivity index (χ0) is 33.8. The second kappa shape index (κ2) is 16.7. The van der Waals surface area contributed by atoms with Crippen LogP contribution in [0.2, 0.25) is 0 Å². The molecule has 47 heavy (non-hydrogen) atoms. The van der Waals surface area contributed by atoms with E-state index in [1.165, 1.54) is 0 Å². The lowest BCUT2D eigenvalue weighted by Gasteiger charge is -2.28. The number of ether oxygens (including phenoxy) is 4. The molecule has 252 valence electrons. The van der Waals surface area contributed by atoms with Crippen LogP contribution in [-0.4, -0.2) is 87.0 Å². The number of hydrogen-bond acceptors (Lipinski definition) is 8. The number of morpholine rings is 1. The van der Waals surface area contributed by atoms with Crippen molar-refractivity contribution in [2.75, 3.05) is 69.6 Å². The molecule has 1 fully saturated rings. The van der Waals surface area contributed by atoms with Crippen molar-refractivity contribution in [3.05, 3.63) is 77.9 Å².